The van der Waals surface area contributed by atoms with E-state index in [0.29, 0.717) is 6.04 Å². The van der Waals surface area contributed by atoms with Crippen molar-refractivity contribution >= 4 is 0 Å². The first-order valence-corrected chi connectivity index (χ1v) is 7.01. The summed E-state index contributed by atoms with van der Waals surface area (Å²) in [6, 6.07) is 4.85. The van der Waals surface area contributed by atoms with Crippen molar-refractivity contribution in [2.75, 3.05) is 0 Å². The van der Waals surface area contributed by atoms with Gasteiger partial charge in [-0.1, -0.05) is 26.2 Å². The molecule has 0 radical (unpaired) electrons. The standard InChI is InChI=1S/C15H23N3/c1-3-12-5-4-6-14(7-12)17-10-13-8-15(9-16)18(2)11-13/h8,11-12,14,17H,3-7,10H2,1-2H3. The maximum absolute atomic E-state index is 8.92. The molecule has 1 aliphatic rings. The van der Waals surface area contributed by atoms with Gasteiger partial charge in [-0.15, -0.1) is 0 Å². The molecule has 0 bridgehead atoms. The van der Waals surface area contributed by atoms with Crippen molar-refractivity contribution < 1.29 is 0 Å². The van der Waals surface area contributed by atoms with E-state index < -0.39 is 0 Å². The molecule has 0 aliphatic heterocycles. The Balaban J connectivity index is 1.85. The fraction of sp³-hybridized carbons (Fsp3) is 0.667. The zero-order valence-electron chi connectivity index (χ0n) is 11.4. The van der Waals surface area contributed by atoms with Gasteiger partial charge in [0.05, 0.1) is 0 Å². The number of aryl methyl sites for hydroxylation is 1. The highest BCUT2D eigenvalue weighted by molar-refractivity contribution is 5.28. The smallest absolute Gasteiger partial charge is 0.120 e. The molecule has 1 N–H and O–H groups in total. The van der Waals surface area contributed by atoms with E-state index in [4.69, 9.17) is 5.26 Å². The lowest BCUT2D eigenvalue weighted by molar-refractivity contribution is 0.278. The first-order chi connectivity index (χ1) is 8.72. The van der Waals surface area contributed by atoms with Gasteiger partial charge in [0.1, 0.15) is 11.8 Å². The number of aromatic nitrogens is 1. The van der Waals surface area contributed by atoms with Gasteiger partial charge in [0, 0.05) is 25.8 Å². The molecule has 0 aromatic carbocycles. The van der Waals surface area contributed by atoms with Crippen LogP contribution in [0.4, 0.5) is 0 Å². The first kappa shape index (κ1) is 13.2. The molecule has 1 aliphatic carbocycles. The molecule has 3 heteroatoms. The molecule has 0 amide bonds. The summed E-state index contributed by atoms with van der Waals surface area (Å²) in [5, 5.41) is 12.6. The van der Waals surface area contributed by atoms with Crippen LogP contribution in [0.1, 0.15) is 50.3 Å². The van der Waals surface area contributed by atoms with Crippen molar-refractivity contribution in [1.29, 1.82) is 5.26 Å². The Labute approximate surface area is 110 Å². The number of nitrogens with zero attached hydrogens (tertiary/aromatic N) is 2. The Bertz CT molecular complexity index is 427. The van der Waals surface area contributed by atoms with Gasteiger partial charge in [0.25, 0.3) is 0 Å². The Morgan fingerprint density at radius 2 is 2.33 bits per heavy atom. The Kier molecular flexibility index (Phi) is 4.43. The highest BCUT2D eigenvalue weighted by atomic mass is 15.0. The third-order valence-corrected chi connectivity index (χ3v) is 4.13. The van der Waals surface area contributed by atoms with Gasteiger partial charge in [0.15, 0.2) is 0 Å². The highest BCUT2D eigenvalue weighted by Crippen LogP contribution is 2.26. The molecule has 1 fully saturated rings. The van der Waals surface area contributed by atoms with Crippen molar-refractivity contribution in [2.45, 2.75) is 51.6 Å². The molecular formula is C15H23N3. The molecule has 18 heavy (non-hydrogen) atoms. The minimum absolute atomic E-state index is 0.662. The van der Waals surface area contributed by atoms with Crippen LogP contribution in [0, 0.1) is 17.2 Å². The van der Waals surface area contributed by atoms with Crippen LogP contribution in [0.15, 0.2) is 12.3 Å². The van der Waals surface area contributed by atoms with Gasteiger partial charge in [-0.25, -0.2) is 0 Å². The van der Waals surface area contributed by atoms with Crippen LogP contribution in [0.3, 0.4) is 0 Å². The van der Waals surface area contributed by atoms with Gasteiger partial charge in [-0.05, 0) is 30.4 Å². The van der Waals surface area contributed by atoms with Crippen molar-refractivity contribution in [3.05, 3.63) is 23.5 Å². The van der Waals surface area contributed by atoms with Crippen LogP contribution >= 0.6 is 0 Å². The summed E-state index contributed by atoms with van der Waals surface area (Å²) in [5.41, 5.74) is 1.95. The number of nitriles is 1. The molecule has 1 saturated carbocycles. The zero-order valence-corrected chi connectivity index (χ0v) is 11.4. The van der Waals surface area contributed by atoms with Crippen LogP contribution < -0.4 is 5.32 Å². The van der Waals surface area contributed by atoms with Gasteiger partial charge in [-0.3, -0.25) is 0 Å². The summed E-state index contributed by atoms with van der Waals surface area (Å²) in [7, 11) is 1.93. The van der Waals surface area contributed by atoms with Crippen molar-refractivity contribution in [2.24, 2.45) is 13.0 Å². The van der Waals surface area contributed by atoms with Gasteiger partial charge in [0.2, 0.25) is 0 Å². The van der Waals surface area contributed by atoms with Crippen LogP contribution in [0.2, 0.25) is 0 Å². The third-order valence-electron chi connectivity index (χ3n) is 4.13. The number of hydrogen-bond acceptors (Lipinski definition) is 2. The SMILES string of the molecule is CCC1CCCC(NCc2cc(C#N)n(C)c2)C1. The zero-order chi connectivity index (χ0) is 13.0. The number of hydrogen-bond donors (Lipinski definition) is 1. The van der Waals surface area contributed by atoms with E-state index in [9.17, 15) is 0 Å². The van der Waals surface area contributed by atoms with Crippen molar-refractivity contribution in [3.8, 4) is 6.07 Å². The molecule has 2 rings (SSSR count). The summed E-state index contributed by atoms with van der Waals surface area (Å²) >= 11 is 0. The second-order valence-electron chi connectivity index (χ2n) is 5.48. The van der Waals surface area contributed by atoms with E-state index in [2.05, 4.69) is 18.3 Å². The number of rotatable bonds is 4. The second-order valence-corrected chi connectivity index (χ2v) is 5.48. The lowest BCUT2D eigenvalue weighted by Crippen LogP contribution is -2.33. The molecule has 98 valence electrons. The van der Waals surface area contributed by atoms with Crippen molar-refractivity contribution in [3.63, 3.8) is 0 Å². The predicted octanol–water partition coefficient (Wildman–Crippen LogP) is 2.96. The Morgan fingerprint density at radius 1 is 1.50 bits per heavy atom. The average molecular weight is 245 g/mol. The van der Waals surface area contributed by atoms with Gasteiger partial charge >= 0.3 is 0 Å². The minimum Gasteiger partial charge on any atom is -0.342 e. The predicted molar refractivity (Wildman–Crippen MR) is 73.0 cm³/mol. The third kappa shape index (κ3) is 3.14. The molecule has 3 nitrogen and oxygen atoms in total. The minimum atomic E-state index is 0.662. The lowest BCUT2D eigenvalue weighted by Gasteiger charge is -2.29. The molecular weight excluding hydrogens is 222 g/mol. The van der Waals surface area contributed by atoms with E-state index in [1.54, 1.807) is 0 Å². The van der Waals surface area contributed by atoms with E-state index in [1.165, 1.54) is 37.7 Å². The Hall–Kier alpha value is -1.27. The summed E-state index contributed by atoms with van der Waals surface area (Å²) < 4.78 is 1.90. The lowest BCUT2D eigenvalue weighted by atomic mass is 9.84. The fourth-order valence-electron chi connectivity index (χ4n) is 2.95. The van der Waals surface area contributed by atoms with Gasteiger partial charge < -0.3 is 9.88 Å². The van der Waals surface area contributed by atoms with Crippen LogP contribution in [0.5, 0.6) is 0 Å². The van der Waals surface area contributed by atoms with E-state index in [1.807, 2.05) is 23.9 Å². The van der Waals surface area contributed by atoms with E-state index in [0.717, 1.165) is 18.2 Å². The summed E-state index contributed by atoms with van der Waals surface area (Å²) in [6.07, 6.45) is 8.73. The second kappa shape index (κ2) is 6.06. The van der Waals surface area contributed by atoms with Crippen molar-refractivity contribution in [1.82, 2.24) is 9.88 Å². The molecule has 1 heterocycles. The highest BCUT2D eigenvalue weighted by Gasteiger charge is 2.20. The maximum Gasteiger partial charge on any atom is 0.120 e. The summed E-state index contributed by atoms with van der Waals surface area (Å²) in [6.45, 7) is 3.18. The molecule has 0 spiro atoms. The summed E-state index contributed by atoms with van der Waals surface area (Å²) in [5.74, 6) is 0.904. The summed E-state index contributed by atoms with van der Waals surface area (Å²) in [4.78, 5) is 0. The molecule has 2 unspecified atom stereocenters. The van der Waals surface area contributed by atoms with E-state index >= 15 is 0 Å². The van der Waals surface area contributed by atoms with Gasteiger partial charge in [-0.2, -0.15) is 5.26 Å². The van der Waals surface area contributed by atoms with Crippen LogP contribution in [0.25, 0.3) is 0 Å². The van der Waals surface area contributed by atoms with E-state index in [-0.39, 0.29) is 0 Å². The quantitative estimate of drug-likeness (QED) is 0.886. The fourth-order valence-corrected chi connectivity index (χ4v) is 2.95. The molecule has 1 aromatic heterocycles. The molecule has 0 saturated heterocycles. The topological polar surface area (TPSA) is 40.8 Å². The van der Waals surface area contributed by atoms with Crippen LogP contribution in [-0.2, 0) is 13.6 Å². The first-order valence-electron chi connectivity index (χ1n) is 7.01. The average Bonchev–Trinajstić information content (AvgIpc) is 2.77. The molecule has 1 aromatic rings. The normalized spacial score (nSPS) is 23.8. The maximum atomic E-state index is 8.92. The Morgan fingerprint density at radius 3 is 3.00 bits per heavy atom. The number of nitrogens with one attached hydrogen (secondary N) is 1. The van der Waals surface area contributed by atoms with Crippen LogP contribution in [-0.4, -0.2) is 10.6 Å². The largest absolute Gasteiger partial charge is 0.342 e. The molecule has 2 atom stereocenters. The monoisotopic (exact) mass is 245 g/mol.